The summed E-state index contributed by atoms with van der Waals surface area (Å²) in [5.41, 5.74) is 0. The molecule has 1 aliphatic heterocycles. The third-order valence-corrected chi connectivity index (χ3v) is 3.48. The third-order valence-electron chi connectivity index (χ3n) is 3.48. The van der Waals surface area contributed by atoms with E-state index in [9.17, 15) is 0 Å². The minimum absolute atomic E-state index is 0. The van der Waals surface area contributed by atoms with Crippen LogP contribution in [0.4, 0.5) is 0 Å². The lowest BCUT2D eigenvalue weighted by Crippen LogP contribution is -2.40. The van der Waals surface area contributed by atoms with Gasteiger partial charge in [0.2, 0.25) is 0 Å². The molecule has 1 heterocycles. The van der Waals surface area contributed by atoms with E-state index in [0.717, 1.165) is 32.0 Å². The van der Waals surface area contributed by atoms with Gasteiger partial charge in [-0.3, -0.25) is 9.89 Å². The number of hydrogen-bond donors (Lipinski definition) is 2. The van der Waals surface area contributed by atoms with E-state index in [1.54, 1.807) is 0 Å². The molecule has 1 saturated heterocycles. The average molecular weight is 382 g/mol. The van der Waals surface area contributed by atoms with Gasteiger partial charge in [0, 0.05) is 19.1 Å². The molecule has 1 atom stereocenters. The van der Waals surface area contributed by atoms with Crippen LogP contribution < -0.4 is 10.6 Å². The van der Waals surface area contributed by atoms with Crippen molar-refractivity contribution < 1.29 is 0 Å². The first kappa shape index (κ1) is 19.0. The molecular weight excluding hydrogens is 351 g/mol. The largest absolute Gasteiger partial charge is 0.357 e. The van der Waals surface area contributed by atoms with Crippen LogP contribution in [0.2, 0.25) is 0 Å². The highest BCUT2D eigenvalue weighted by molar-refractivity contribution is 14.0. The molecule has 114 valence electrons. The van der Waals surface area contributed by atoms with Gasteiger partial charge in [0.15, 0.2) is 5.96 Å². The fourth-order valence-corrected chi connectivity index (χ4v) is 2.39. The summed E-state index contributed by atoms with van der Waals surface area (Å²) in [6, 6.07) is 0.615. The Morgan fingerprint density at radius 1 is 1.16 bits per heavy atom. The summed E-state index contributed by atoms with van der Waals surface area (Å²) in [5, 5.41) is 6.67. The van der Waals surface area contributed by atoms with Crippen LogP contribution in [0.15, 0.2) is 4.99 Å². The molecule has 19 heavy (non-hydrogen) atoms. The van der Waals surface area contributed by atoms with Crippen molar-refractivity contribution in [3.8, 4) is 0 Å². The molecule has 0 aromatic rings. The molecular formula is C14H31IN4. The molecule has 2 N–H and O–H groups in total. The Morgan fingerprint density at radius 3 is 2.37 bits per heavy atom. The van der Waals surface area contributed by atoms with E-state index < -0.39 is 0 Å². The molecule has 0 spiro atoms. The summed E-state index contributed by atoms with van der Waals surface area (Å²) in [4.78, 5) is 7.31. The van der Waals surface area contributed by atoms with Crippen molar-refractivity contribution in [1.82, 2.24) is 15.5 Å². The van der Waals surface area contributed by atoms with Crippen molar-refractivity contribution in [2.45, 2.75) is 52.5 Å². The SMILES string of the molecule is CCCNC(=NCC(CC)N1CCCC1)NCC.I. The van der Waals surface area contributed by atoms with Gasteiger partial charge in [-0.2, -0.15) is 0 Å². The zero-order chi connectivity index (χ0) is 13.2. The zero-order valence-electron chi connectivity index (χ0n) is 12.7. The van der Waals surface area contributed by atoms with E-state index in [1.807, 2.05) is 0 Å². The molecule has 1 fully saturated rings. The lowest BCUT2D eigenvalue weighted by Gasteiger charge is -2.25. The highest BCUT2D eigenvalue weighted by atomic mass is 127. The van der Waals surface area contributed by atoms with Crippen LogP contribution in [0, 0.1) is 0 Å². The van der Waals surface area contributed by atoms with Gasteiger partial charge in [-0.15, -0.1) is 24.0 Å². The topological polar surface area (TPSA) is 39.7 Å². The molecule has 1 unspecified atom stereocenters. The van der Waals surface area contributed by atoms with Crippen LogP contribution in [0.3, 0.4) is 0 Å². The summed E-state index contributed by atoms with van der Waals surface area (Å²) in [6.07, 6.45) is 5.03. The standard InChI is InChI=1S/C14H30N4.HI/c1-4-9-16-14(15-6-3)17-12-13(5-2)18-10-7-8-11-18;/h13H,4-12H2,1-3H3,(H2,15,16,17);1H. The van der Waals surface area contributed by atoms with Gasteiger partial charge in [-0.05, 0) is 45.7 Å². The van der Waals surface area contributed by atoms with Gasteiger partial charge in [0.05, 0.1) is 6.54 Å². The number of guanidine groups is 1. The second-order valence-corrected chi connectivity index (χ2v) is 4.95. The Labute approximate surface area is 135 Å². The number of likely N-dealkylation sites (tertiary alicyclic amines) is 1. The molecule has 0 aromatic carbocycles. The van der Waals surface area contributed by atoms with Crippen molar-refractivity contribution in [2.24, 2.45) is 4.99 Å². The van der Waals surface area contributed by atoms with Gasteiger partial charge in [-0.1, -0.05) is 13.8 Å². The fourth-order valence-electron chi connectivity index (χ4n) is 2.39. The van der Waals surface area contributed by atoms with Crippen LogP contribution in [0.5, 0.6) is 0 Å². The van der Waals surface area contributed by atoms with E-state index in [-0.39, 0.29) is 24.0 Å². The van der Waals surface area contributed by atoms with E-state index in [0.29, 0.717) is 6.04 Å². The van der Waals surface area contributed by atoms with Gasteiger partial charge in [0.25, 0.3) is 0 Å². The van der Waals surface area contributed by atoms with Gasteiger partial charge >= 0.3 is 0 Å². The first-order chi connectivity index (χ1) is 8.81. The maximum atomic E-state index is 4.72. The molecule has 0 radical (unpaired) electrons. The second-order valence-electron chi connectivity index (χ2n) is 4.95. The molecule has 0 amide bonds. The highest BCUT2D eigenvalue weighted by Gasteiger charge is 2.19. The summed E-state index contributed by atoms with van der Waals surface area (Å²) in [6.45, 7) is 11.9. The van der Waals surface area contributed by atoms with Crippen molar-refractivity contribution in [1.29, 1.82) is 0 Å². The first-order valence-electron chi connectivity index (χ1n) is 7.58. The number of aliphatic imine (C=N–C) groups is 1. The maximum Gasteiger partial charge on any atom is 0.191 e. The van der Waals surface area contributed by atoms with Crippen LogP contribution in [-0.2, 0) is 0 Å². The summed E-state index contributed by atoms with van der Waals surface area (Å²) in [5.74, 6) is 0.969. The number of halogens is 1. The maximum absolute atomic E-state index is 4.72. The molecule has 0 bridgehead atoms. The lowest BCUT2D eigenvalue weighted by atomic mass is 10.2. The lowest BCUT2D eigenvalue weighted by molar-refractivity contribution is 0.242. The molecule has 4 nitrogen and oxygen atoms in total. The van der Waals surface area contributed by atoms with Crippen molar-refractivity contribution >= 4 is 29.9 Å². The van der Waals surface area contributed by atoms with Gasteiger partial charge < -0.3 is 10.6 Å². The van der Waals surface area contributed by atoms with Crippen molar-refractivity contribution in [3.05, 3.63) is 0 Å². The molecule has 1 aliphatic rings. The number of rotatable bonds is 7. The van der Waals surface area contributed by atoms with Crippen LogP contribution in [0.25, 0.3) is 0 Å². The number of nitrogens with zero attached hydrogens (tertiary/aromatic N) is 2. The summed E-state index contributed by atoms with van der Waals surface area (Å²) >= 11 is 0. The molecule has 5 heteroatoms. The van der Waals surface area contributed by atoms with E-state index in [4.69, 9.17) is 4.99 Å². The Bertz CT molecular complexity index is 240. The van der Waals surface area contributed by atoms with Crippen LogP contribution >= 0.6 is 24.0 Å². The quantitative estimate of drug-likeness (QED) is 0.404. The van der Waals surface area contributed by atoms with Crippen molar-refractivity contribution in [3.63, 3.8) is 0 Å². The van der Waals surface area contributed by atoms with Gasteiger partial charge in [-0.25, -0.2) is 0 Å². The van der Waals surface area contributed by atoms with Crippen LogP contribution in [-0.4, -0.2) is 49.6 Å². The monoisotopic (exact) mass is 382 g/mol. The number of nitrogens with one attached hydrogen (secondary N) is 2. The molecule has 1 rings (SSSR count). The fraction of sp³-hybridized carbons (Fsp3) is 0.929. The minimum Gasteiger partial charge on any atom is -0.357 e. The zero-order valence-corrected chi connectivity index (χ0v) is 15.1. The molecule has 0 aromatic heterocycles. The van der Waals surface area contributed by atoms with E-state index in [1.165, 1.54) is 32.4 Å². The average Bonchev–Trinajstić information content (AvgIpc) is 2.90. The molecule has 0 saturated carbocycles. The highest BCUT2D eigenvalue weighted by Crippen LogP contribution is 2.14. The van der Waals surface area contributed by atoms with Gasteiger partial charge in [0.1, 0.15) is 0 Å². The normalized spacial score (nSPS) is 17.9. The van der Waals surface area contributed by atoms with Crippen LogP contribution in [0.1, 0.15) is 46.5 Å². The second kappa shape index (κ2) is 11.8. The summed E-state index contributed by atoms with van der Waals surface area (Å²) in [7, 11) is 0. The Balaban J connectivity index is 0.00000324. The summed E-state index contributed by atoms with van der Waals surface area (Å²) < 4.78 is 0. The van der Waals surface area contributed by atoms with E-state index in [2.05, 4.69) is 36.3 Å². The predicted octanol–water partition coefficient (Wildman–Crippen LogP) is 2.44. The van der Waals surface area contributed by atoms with Crippen molar-refractivity contribution in [2.75, 3.05) is 32.7 Å². The third kappa shape index (κ3) is 7.34. The van der Waals surface area contributed by atoms with E-state index >= 15 is 0 Å². The number of hydrogen-bond acceptors (Lipinski definition) is 2. The Hall–Kier alpha value is -0.0400. The Morgan fingerprint density at radius 2 is 1.84 bits per heavy atom. The Kier molecular flexibility index (Phi) is 11.7. The predicted molar refractivity (Wildman–Crippen MR) is 94.6 cm³/mol. The molecule has 0 aliphatic carbocycles. The smallest absolute Gasteiger partial charge is 0.191 e. The first-order valence-corrected chi connectivity index (χ1v) is 7.58. The minimum atomic E-state index is 0.